The first-order valence-electron chi connectivity index (χ1n) is 6.20. The van der Waals surface area contributed by atoms with E-state index >= 15 is 0 Å². The van der Waals surface area contributed by atoms with Crippen LogP contribution in [0.2, 0.25) is 0 Å². The topological polar surface area (TPSA) is 45.0 Å². The van der Waals surface area contributed by atoms with Gasteiger partial charge in [0.2, 0.25) is 0 Å². The molecule has 0 amide bonds. The maximum Gasteiger partial charge on any atom is 0.140 e. The monoisotopic (exact) mass is 270 g/mol. The van der Waals surface area contributed by atoms with E-state index in [1.807, 2.05) is 24.3 Å². The fourth-order valence-corrected chi connectivity index (χ4v) is 2.00. The number of nitrogens with zero attached hydrogens (tertiary/aromatic N) is 1. The number of nitrogens with one attached hydrogen (secondary N) is 1. The zero-order chi connectivity index (χ0) is 14.5. The second-order valence-corrected chi connectivity index (χ2v) is 4.44. The van der Waals surface area contributed by atoms with Gasteiger partial charge in [0.15, 0.2) is 0 Å². The van der Waals surface area contributed by atoms with Crippen LogP contribution in [-0.2, 0) is 0 Å². The molecule has 2 aromatic rings. The van der Waals surface area contributed by atoms with Gasteiger partial charge < -0.3 is 10.1 Å². The molecule has 0 aliphatic rings. The Morgan fingerprint density at radius 2 is 1.90 bits per heavy atom. The Morgan fingerprint density at radius 3 is 2.45 bits per heavy atom. The molecule has 0 saturated heterocycles. The third-order valence-corrected chi connectivity index (χ3v) is 3.07. The third kappa shape index (κ3) is 3.07. The average molecular weight is 270 g/mol. The van der Waals surface area contributed by atoms with E-state index in [1.165, 1.54) is 12.1 Å². The molecular formula is C16H15FN2O. The van der Waals surface area contributed by atoms with Crippen molar-refractivity contribution in [2.75, 3.05) is 12.4 Å². The van der Waals surface area contributed by atoms with Gasteiger partial charge in [0.1, 0.15) is 17.6 Å². The molecular weight excluding hydrogens is 255 g/mol. The molecule has 0 heterocycles. The summed E-state index contributed by atoms with van der Waals surface area (Å²) in [6.07, 6.45) is 0. The number of hydrogen-bond acceptors (Lipinski definition) is 3. The minimum absolute atomic E-state index is 0.299. The van der Waals surface area contributed by atoms with Gasteiger partial charge in [-0.15, -0.1) is 0 Å². The first-order chi connectivity index (χ1) is 9.63. The summed E-state index contributed by atoms with van der Waals surface area (Å²) in [5, 5.41) is 12.4. The van der Waals surface area contributed by atoms with Crippen molar-refractivity contribution in [2.45, 2.75) is 13.0 Å². The van der Waals surface area contributed by atoms with Gasteiger partial charge >= 0.3 is 0 Å². The van der Waals surface area contributed by atoms with E-state index in [2.05, 4.69) is 11.4 Å². The van der Waals surface area contributed by atoms with Crippen molar-refractivity contribution >= 4 is 5.69 Å². The molecule has 0 aliphatic heterocycles. The molecule has 102 valence electrons. The zero-order valence-electron chi connectivity index (χ0n) is 11.4. The number of halogens is 1. The minimum Gasteiger partial charge on any atom is -0.497 e. The second kappa shape index (κ2) is 6.07. The van der Waals surface area contributed by atoms with Gasteiger partial charge in [0, 0.05) is 5.69 Å². The summed E-state index contributed by atoms with van der Waals surface area (Å²) in [5.41, 5.74) is 2.32. The molecule has 2 rings (SSSR count). The summed E-state index contributed by atoms with van der Waals surface area (Å²) in [7, 11) is 1.60. The Hall–Kier alpha value is -2.54. The van der Waals surface area contributed by atoms with Crippen LogP contribution in [0.4, 0.5) is 10.1 Å². The Morgan fingerprint density at radius 1 is 1.20 bits per heavy atom. The molecule has 2 aromatic carbocycles. The summed E-state index contributed by atoms with van der Waals surface area (Å²) in [4.78, 5) is 0. The van der Waals surface area contributed by atoms with Crippen LogP contribution in [0.15, 0.2) is 42.5 Å². The SMILES string of the molecule is COc1ccc(NC(C#N)c2ccc(F)cc2C)cc1. The van der Waals surface area contributed by atoms with Crippen molar-refractivity contribution in [2.24, 2.45) is 0 Å². The van der Waals surface area contributed by atoms with Crippen LogP contribution in [-0.4, -0.2) is 7.11 Å². The normalized spacial score (nSPS) is 11.5. The van der Waals surface area contributed by atoms with Crippen LogP contribution in [0.25, 0.3) is 0 Å². The Balaban J connectivity index is 2.22. The van der Waals surface area contributed by atoms with Gasteiger partial charge in [-0.1, -0.05) is 6.07 Å². The van der Waals surface area contributed by atoms with Crippen LogP contribution >= 0.6 is 0 Å². The molecule has 4 heteroatoms. The van der Waals surface area contributed by atoms with Crippen molar-refractivity contribution in [3.63, 3.8) is 0 Å². The number of aryl methyl sites for hydroxylation is 1. The maximum atomic E-state index is 13.1. The fraction of sp³-hybridized carbons (Fsp3) is 0.188. The number of benzene rings is 2. The lowest BCUT2D eigenvalue weighted by molar-refractivity contribution is 0.415. The van der Waals surface area contributed by atoms with Crippen molar-refractivity contribution < 1.29 is 9.13 Å². The van der Waals surface area contributed by atoms with E-state index in [9.17, 15) is 9.65 Å². The van der Waals surface area contributed by atoms with Gasteiger partial charge in [0.25, 0.3) is 0 Å². The first kappa shape index (κ1) is 13.9. The van der Waals surface area contributed by atoms with E-state index < -0.39 is 6.04 Å². The highest BCUT2D eigenvalue weighted by atomic mass is 19.1. The maximum absolute atomic E-state index is 13.1. The summed E-state index contributed by atoms with van der Waals surface area (Å²) >= 11 is 0. The molecule has 0 spiro atoms. The first-order valence-corrected chi connectivity index (χ1v) is 6.20. The number of nitriles is 1. The summed E-state index contributed by atoms with van der Waals surface area (Å²) < 4.78 is 18.2. The quantitative estimate of drug-likeness (QED) is 0.918. The van der Waals surface area contributed by atoms with Gasteiger partial charge in [-0.2, -0.15) is 5.26 Å². The molecule has 0 radical (unpaired) electrons. The average Bonchev–Trinajstić information content (AvgIpc) is 2.46. The Bertz CT molecular complexity index is 632. The van der Waals surface area contributed by atoms with Crippen LogP contribution < -0.4 is 10.1 Å². The van der Waals surface area contributed by atoms with E-state index in [1.54, 1.807) is 20.1 Å². The Labute approximate surface area is 117 Å². The van der Waals surface area contributed by atoms with Gasteiger partial charge in [-0.3, -0.25) is 0 Å². The molecule has 0 aliphatic carbocycles. The van der Waals surface area contributed by atoms with Crippen molar-refractivity contribution in [1.29, 1.82) is 5.26 Å². The fourth-order valence-electron chi connectivity index (χ4n) is 2.00. The highest BCUT2D eigenvalue weighted by molar-refractivity contribution is 5.50. The molecule has 20 heavy (non-hydrogen) atoms. The molecule has 1 unspecified atom stereocenters. The van der Waals surface area contributed by atoms with Gasteiger partial charge in [-0.05, 0) is 54.4 Å². The third-order valence-electron chi connectivity index (χ3n) is 3.07. The van der Waals surface area contributed by atoms with Crippen LogP contribution in [0.3, 0.4) is 0 Å². The second-order valence-electron chi connectivity index (χ2n) is 4.44. The molecule has 1 atom stereocenters. The highest BCUT2D eigenvalue weighted by Gasteiger charge is 2.13. The molecule has 3 nitrogen and oxygen atoms in total. The van der Waals surface area contributed by atoms with Crippen molar-refractivity contribution in [1.82, 2.24) is 0 Å². The summed E-state index contributed by atoms with van der Waals surface area (Å²) in [5.74, 6) is 0.453. The Kier molecular flexibility index (Phi) is 4.21. The van der Waals surface area contributed by atoms with Crippen LogP contribution in [0, 0.1) is 24.1 Å². The van der Waals surface area contributed by atoms with Gasteiger partial charge in [0.05, 0.1) is 13.2 Å². The number of methoxy groups -OCH3 is 1. The number of rotatable bonds is 4. The van der Waals surface area contributed by atoms with Crippen LogP contribution in [0.5, 0.6) is 5.75 Å². The van der Waals surface area contributed by atoms with Crippen LogP contribution in [0.1, 0.15) is 17.2 Å². The van der Waals surface area contributed by atoms with E-state index in [4.69, 9.17) is 4.74 Å². The lowest BCUT2D eigenvalue weighted by Gasteiger charge is -2.15. The molecule has 0 saturated carbocycles. The van der Waals surface area contributed by atoms with E-state index in [0.29, 0.717) is 0 Å². The highest BCUT2D eigenvalue weighted by Crippen LogP contribution is 2.24. The molecule has 0 fully saturated rings. The lowest BCUT2D eigenvalue weighted by Crippen LogP contribution is -2.10. The zero-order valence-corrected chi connectivity index (χ0v) is 11.4. The standard InChI is InChI=1S/C16H15FN2O/c1-11-9-12(17)3-8-15(11)16(10-18)19-13-4-6-14(20-2)7-5-13/h3-9,16,19H,1-2H3. The largest absolute Gasteiger partial charge is 0.497 e. The molecule has 1 N–H and O–H groups in total. The van der Waals surface area contributed by atoms with Crippen molar-refractivity contribution in [3.05, 3.63) is 59.4 Å². The lowest BCUT2D eigenvalue weighted by atomic mass is 10.0. The smallest absolute Gasteiger partial charge is 0.140 e. The van der Waals surface area contributed by atoms with Gasteiger partial charge in [-0.25, -0.2) is 4.39 Å². The molecule has 0 bridgehead atoms. The predicted molar refractivity (Wildman–Crippen MR) is 76.1 cm³/mol. The summed E-state index contributed by atoms with van der Waals surface area (Å²) in [6, 6.07) is 13.4. The van der Waals surface area contributed by atoms with Crippen molar-refractivity contribution in [3.8, 4) is 11.8 Å². The van der Waals surface area contributed by atoms with E-state index in [0.717, 1.165) is 22.6 Å². The number of anilines is 1. The summed E-state index contributed by atoms with van der Waals surface area (Å²) in [6.45, 7) is 1.79. The number of ether oxygens (including phenoxy) is 1. The number of hydrogen-bond donors (Lipinski definition) is 1. The predicted octanol–water partition coefficient (Wildman–Crippen LogP) is 3.82. The van der Waals surface area contributed by atoms with E-state index in [-0.39, 0.29) is 5.82 Å². The molecule has 0 aromatic heterocycles. The minimum atomic E-state index is -0.524.